The molecule has 0 amide bonds. The van der Waals surface area contributed by atoms with Crippen molar-refractivity contribution in [1.82, 2.24) is 0 Å². The molecular formula is C7H9N. The minimum atomic E-state index is 0.271. The first kappa shape index (κ1) is 3.96. The summed E-state index contributed by atoms with van der Waals surface area (Å²) < 4.78 is 7.00. The maximum absolute atomic E-state index is 7.00. The van der Waals surface area contributed by atoms with Crippen LogP contribution in [0.4, 0.5) is 5.69 Å². The molecule has 0 heterocycles. The minimum absolute atomic E-state index is 0.271. The molecule has 0 fully saturated rings. The van der Waals surface area contributed by atoms with Crippen LogP contribution in [-0.2, 0) is 0 Å². The van der Waals surface area contributed by atoms with E-state index < -0.39 is 0 Å². The van der Waals surface area contributed by atoms with Crippen molar-refractivity contribution in [1.29, 1.82) is 0 Å². The Morgan fingerprint density at radius 1 is 1.50 bits per heavy atom. The molecule has 0 aliphatic rings. The fraction of sp³-hybridized carbons (Fsp3) is 0.143. The molecular weight excluding hydrogens is 98.1 g/mol. The molecule has 1 rings (SSSR count). The van der Waals surface area contributed by atoms with Gasteiger partial charge < -0.3 is 5.73 Å². The molecule has 0 radical (unpaired) electrons. The van der Waals surface area contributed by atoms with Crippen LogP contribution in [0.1, 0.15) is 6.93 Å². The maximum atomic E-state index is 7.00. The van der Waals surface area contributed by atoms with E-state index in [-0.39, 0.29) is 6.90 Å². The second kappa shape index (κ2) is 1.86. The summed E-state index contributed by atoms with van der Waals surface area (Å²) in [5.41, 5.74) is 7.13. The molecule has 2 N–H and O–H groups in total. The molecule has 1 heteroatoms. The van der Waals surface area contributed by atoms with Gasteiger partial charge in [-0.15, -0.1) is 0 Å². The summed E-state index contributed by atoms with van der Waals surface area (Å²) in [6, 6.07) is 7.43. The number of anilines is 1. The zero-order valence-corrected chi connectivity index (χ0v) is 4.59. The SMILES string of the molecule is [2H]Cc1ccccc1N. The minimum Gasteiger partial charge on any atom is -0.399 e. The maximum Gasteiger partial charge on any atom is 0.0343 e. The van der Waals surface area contributed by atoms with Gasteiger partial charge in [-0.2, -0.15) is 0 Å². The van der Waals surface area contributed by atoms with Crippen molar-refractivity contribution in [3.05, 3.63) is 29.8 Å². The molecule has 0 aromatic heterocycles. The van der Waals surface area contributed by atoms with Crippen LogP contribution in [0, 0.1) is 6.90 Å². The molecule has 8 heavy (non-hydrogen) atoms. The van der Waals surface area contributed by atoms with E-state index in [2.05, 4.69) is 0 Å². The third kappa shape index (κ3) is 0.808. The molecule has 0 atom stereocenters. The summed E-state index contributed by atoms with van der Waals surface area (Å²) in [5.74, 6) is 0. The molecule has 0 aliphatic carbocycles. The number of hydrogen-bond donors (Lipinski definition) is 1. The molecule has 1 nitrogen and oxygen atoms in total. The number of hydrogen-bond acceptors (Lipinski definition) is 1. The Morgan fingerprint density at radius 3 is 2.75 bits per heavy atom. The quantitative estimate of drug-likeness (QED) is 0.502. The first-order valence-electron chi connectivity index (χ1n) is 3.18. The fourth-order valence-electron chi connectivity index (χ4n) is 0.534. The van der Waals surface area contributed by atoms with Gasteiger partial charge in [-0.3, -0.25) is 0 Å². The van der Waals surface area contributed by atoms with Crippen LogP contribution >= 0.6 is 0 Å². The second-order valence-electron chi connectivity index (χ2n) is 1.70. The molecule has 0 bridgehead atoms. The molecule has 0 unspecified atom stereocenters. The van der Waals surface area contributed by atoms with E-state index in [1.54, 1.807) is 0 Å². The van der Waals surface area contributed by atoms with Crippen LogP contribution in [0.3, 0.4) is 0 Å². The van der Waals surface area contributed by atoms with Gasteiger partial charge in [0.25, 0.3) is 0 Å². The lowest BCUT2D eigenvalue weighted by atomic mass is 10.2. The lowest BCUT2D eigenvalue weighted by molar-refractivity contribution is 1.47. The van der Waals surface area contributed by atoms with Gasteiger partial charge in [0, 0.05) is 7.06 Å². The largest absolute Gasteiger partial charge is 0.399 e. The third-order valence-corrected chi connectivity index (χ3v) is 1.06. The van der Waals surface area contributed by atoms with Crippen molar-refractivity contribution in [2.75, 3.05) is 5.73 Å². The number of nitrogens with two attached hydrogens (primary N) is 1. The van der Waals surface area contributed by atoms with Crippen molar-refractivity contribution in [3.8, 4) is 0 Å². The number of rotatable bonds is 0. The molecule has 42 valence electrons. The lowest BCUT2D eigenvalue weighted by Gasteiger charge is -1.93. The molecule has 0 spiro atoms. The van der Waals surface area contributed by atoms with E-state index in [0.717, 1.165) is 5.56 Å². The summed E-state index contributed by atoms with van der Waals surface area (Å²) in [6.45, 7) is 0.271. The van der Waals surface area contributed by atoms with Gasteiger partial charge in [0.05, 0.1) is 0 Å². The average Bonchev–Trinajstić information content (AvgIpc) is 1.89. The van der Waals surface area contributed by atoms with Crippen molar-refractivity contribution >= 4 is 5.69 Å². The topological polar surface area (TPSA) is 26.0 Å². The van der Waals surface area contributed by atoms with E-state index >= 15 is 0 Å². The summed E-state index contributed by atoms with van der Waals surface area (Å²) in [6.07, 6.45) is 0. The predicted molar refractivity (Wildman–Crippen MR) is 35.6 cm³/mol. The van der Waals surface area contributed by atoms with Crippen LogP contribution in [0.25, 0.3) is 0 Å². The zero-order valence-electron chi connectivity index (χ0n) is 5.59. The van der Waals surface area contributed by atoms with E-state index in [1.165, 1.54) is 0 Å². The summed E-state index contributed by atoms with van der Waals surface area (Å²) in [5, 5.41) is 0. The Balaban J connectivity index is 3.01. The van der Waals surface area contributed by atoms with Crippen molar-refractivity contribution in [2.45, 2.75) is 6.90 Å². The number of aryl methyl sites for hydroxylation is 1. The Labute approximate surface area is 50.5 Å². The van der Waals surface area contributed by atoms with Gasteiger partial charge in [-0.1, -0.05) is 18.2 Å². The van der Waals surface area contributed by atoms with Gasteiger partial charge in [-0.05, 0) is 18.5 Å². The predicted octanol–water partition coefficient (Wildman–Crippen LogP) is 1.58. The van der Waals surface area contributed by atoms with Gasteiger partial charge in [-0.25, -0.2) is 0 Å². The lowest BCUT2D eigenvalue weighted by Crippen LogP contribution is -1.85. The highest BCUT2D eigenvalue weighted by Crippen LogP contribution is 2.06. The highest BCUT2D eigenvalue weighted by atomic mass is 14.5. The highest BCUT2D eigenvalue weighted by molar-refractivity contribution is 5.44. The van der Waals surface area contributed by atoms with E-state index in [4.69, 9.17) is 7.10 Å². The number of para-hydroxylation sites is 1. The Hall–Kier alpha value is -0.980. The van der Waals surface area contributed by atoms with Crippen LogP contribution in [-0.4, -0.2) is 0 Å². The van der Waals surface area contributed by atoms with Crippen molar-refractivity contribution < 1.29 is 1.37 Å². The van der Waals surface area contributed by atoms with E-state index in [9.17, 15) is 0 Å². The smallest absolute Gasteiger partial charge is 0.0343 e. The van der Waals surface area contributed by atoms with Crippen LogP contribution in [0.5, 0.6) is 0 Å². The van der Waals surface area contributed by atoms with Gasteiger partial charge in [0.2, 0.25) is 0 Å². The monoisotopic (exact) mass is 108 g/mol. The summed E-state index contributed by atoms with van der Waals surface area (Å²) in [4.78, 5) is 0. The number of nitrogen functional groups attached to an aromatic ring is 1. The molecule has 0 saturated carbocycles. The van der Waals surface area contributed by atoms with Crippen LogP contribution in [0.2, 0.25) is 0 Å². The first-order valence-corrected chi connectivity index (χ1v) is 2.47. The third-order valence-electron chi connectivity index (χ3n) is 1.06. The van der Waals surface area contributed by atoms with E-state index in [1.807, 2.05) is 24.3 Å². The highest BCUT2D eigenvalue weighted by Gasteiger charge is 1.84. The first-order chi connectivity index (χ1) is 4.34. The Bertz CT molecular complexity index is 198. The van der Waals surface area contributed by atoms with Gasteiger partial charge in [0.15, 0.2) is 0 Å². The van der Waals surface area contributed by atoms with Crippen LogP contribution in [0.15, 0.2) is 24.3 Å². The molecule has 0 aliphatic heterocycles. The number of benzene rings is 1. The van der Waals surface area contributed by atoms with Gasteiger partial charge in [0.1, 0.15) is 0 Å². The summed E-state index contributed by atoms with van der Waals surface area (Å²) >= 11 is 0. The molecule has 1 aromatic carbocycles. The molecule has 0 saturated heterocycles. The van der Waals surface area contributed by atoms with Crippen LogP contribution < -0.4 is 5.73 Å². The Kier molecular flexibility index (Phi) is 0.922. The zero-order chi connectivity index (χ0) is 6.69. The van der Waals surface area contributed by atoms with E-state index in [0.29, 0.717) is 5.69 Å². The van der Waals surface area contributed by atoms with Crippen molar-refractivity contribution in [3.63, 3.8) is 0 Å². The normalized spacial score (nSPS) is 10.8. The fourth-order valence-corrected chi connectivity index (χ4v) is 0.534. The molecule has 1 aromatic rings. The standard InChI is InChI=1S/C7H9N/c1-6-4-2-3-5-7(6)8/h2-5H,8H2,1H3/i1D. The average molecular weight is 108 g/mol. The Morgan fingerprint density at radius 2 is 2.25 bits per heavy atom. The summed E-state index contributed by atoms with van der Waals surface area (Å²) in [7, 11) is 0. The van der Waals surface area contributed by atoms with Gasteiger partial charge >= 0.3 is 0 Å². The van der Waals surface area contributed by atoms with Crippen molar-refractivity contribution in [2.24, 2.45) is 0 Å². The second-order valence-corrected chi connectivity index (χ2v) is 1.70.